The maximum atomic E-state index is 12.9. The number of unbranched alkanes of at least 4 members (excludes halogenated alkanes) is 26. The third-order valence-corrected chi connectivity index (χ3v) is 12.4. The fourth-order valence-corrected chi connectivity index (χ4v) is 8.04. The van der Waals surface area contributed by atoms with Crippen molar-refractivity contribution in [2.75, 3.05) is 40.9 Å². The highest BCUT2D eigenvalue weighted by Crippen LogP contribution is 2.43. The Morgan fingerprint density at radius 1 is 0.540 bits per heavy atom. The second-order valence-electron chi connectivity index (χ2n) is 18.9. The number of carbonyl (C=O) groups excluding carboxylic acids is 1. The Labute approximate surface area is 390 Å². The molecule has 3 unspecified atom stereocenters. The maximum Gasteiger partial charge on any atom is 0.472 e. The van der Waals surface area contributed by atoms with E-state index in [0.717, 1.165) is 64.2 Å². The second kappa shape index (κ2) is 45.4. The minimum Gasteiger partial charge on any atom is -0.387 e. The van der Waals surface area contributed by atoms with Gasteiger partial charge in [0.1, 0.15) is 13.2 Å². The Hall–Kier alpha value is -1.80. The molecule has 0 aliphatic heterocycles. The summed E-state index contributed by atoms with van der Waals surface area (Å²) in [5, 5.41) is 13.9. The summed E-state index contributed by atoms with van der Waals surface area (Å²) in [6.07, 6.45) is 60.2. The second-order valence-corrected chi connectivity index (χ2v) is 20.3. The minimum absolute atomic E-state index is 0.0512. The number of aliphatic hydroxyl groups excluding tert-OH is 1. The van der Waals surface area contributed by atoms with Crippen molar-refractivity contribution in [1.29, 1.82) is 0 Å². The molecule has 1 amide bonds. The van der Waals surface area contributed by atoms with Crippen LogP contribution in [0.15, 0.2) is 60.8 Å². The van der Waals surface area contributed by atoms with E-state index in [-0.39, 0.29) is 19.1 Å². The van der Waals surface area contributed by atoms with Gasteiger partial charge in [-0.05, 0) is 70.6 Å². The Morgan fingerprint density at radius 3 is 1.38 bits per heavy atom. The van der Waals surface area contributed by atoms with Gasteiger partial charge in [0.15, 0.2) is 0 Å². The Morgan fingerprint density at radius 2 is 0.921 bits per heavy atom. The summed E-state index contributed by atoms with van der Waals surface area (Å²) < 4.78 is 23.6. The molecule has 3 atom stereocenters. The van der Waals surface area contributed by atoms with E-state index in [1.807, 2.05) is 27.2 Å². The van der Waals surface area contributed by atoms with Gasteiger partial charge in [0.05, 0.1) is 39.9 Å². The van der Waals surface area contributed by atoms with Gasteiger partial charge in [-0.1, -0.05) is 209 Å². The average Bonchev–Trinajstić information content (AvgIpc) is 3.24. The van der Waals surface area contributed by atoms with E-state index in [1.165, 1.54) is 141 Å². The summed E-state index contributed by atoms with van der Waals surface area (Å²) in [5.74, 6) is -0.200. The number of nitrogens with zero attached hydrogens (tertiary/aromatic N) is 1. The van der Waals surface area contributed by atoms with E-state index >= 15 is 0 Å². The number of allylic oxidation sites excluding steroid dienone is 9. The summed E-state index contributed by atoms with van der Waals surface area (Å²) in [5.41, 5.74) is 0. The average molecular weight is 906 g/mol. The minimum atomic E-state index is -4.36. The largest absolute Gasteiger partial charge is 0.472 e. The highest BCUT2D eigenvalue weighted by atomic mass is 31.2. The Balaban J connectivity index is 4.39. The summed E-state index contributed by atoms with van der Waals surface area (Å²) in [4.78, 5) is 23.2. The Bertz CT molecular complexity index is 1210. The fourth-order valence-electron chi connectivity index (χ4n) is 7.30. The lowest BCUT2D eigenvalue weighted by atomic mass is 10.0. The van der Waals surface area contributed by atoms with Gasteiger partial charge < -0.3 is 19.8 Å². The van der Waals surface area contributed by atoms with Gasteiger partial charge in [-0.15, -0.1) is 0 Å². The van der Waals surface area contributed by atoms with E-state index in [4.69, 9.17) is 9.05 Å². The third kappa shape index (κ3) is 48.0. The van der Waals surface area contributed by atoms with Crippen molar-refractivity contribution in [3.8, 4) is 0 Å². The molecule has 368 valence electrons. The van der Waals surface area contributed by atoms with Crippen LogP contribution in [0, 0.1) is 0 Å². The van der Waals surface area contributed by atoms with Crippen LogP contribution in [0.5, 0.6) is 0 Å². The SMILES string of the molecule is CCCCCCC/C=C\C/C=C\C/C=C\CCCCCCCCC(=O)NC(COP(=O)(O)OCC[N+](C)(C)C)C(O)/C=C/CC/C=C/CCCCCCCCCCCCCCCC. The topological polar surface area (TPSA) is 105 Å². The summed E-state index contributed by atoms with van der Waals surface area (Å²) in [6.45, 7) is 4.78. The number of quaternary nitrogens is 1. The van der Waals surface area contributed by atoms with Crippen LogP contribution in [0.3, 0.4) is 0 Å². The first-order valence-corrected chi connectivity index (χ1v) is 27.7. The van der Waals surface area contributed by atoms with Crippen LogP contribution in [0.25, 0.3) is 0 Å². The monoisotopic (exact) mass is 906 g/mol. The number of carbonyl (C=O) groups is 1. The van der Waals surface area contributed by atoms with Crippen molar-refractivity contribution in [3.63, 3.8) is 0 Å². The van der Waals surface area contributed by atoms with Crippen LogP contribution in [0.2, 0.25) is 0 Å². The number of likely N-dealkylation sites (N-methyl/N-ethyl adjacent to an activating group) is 1. The highest BCUT2D eigenvalue weighted by molar-refractivity contribution is 7.47. The predicted octanol–water partition coefficient (Wildman–Crippen LogP) is 15.4. The Kier molecular flexibility index (Phi) is 44.1. The third-order valence-electron chi connectivity index (χ3n) is 11.5. The van der Waals surface area contributed by atoms with E-state index in [2.05, 4.69) is 67.8 Å². The molecule has 0 bridgehead atoms. The van der Waals surface area contributed by atoms with Gasteiger partial charge >= 0.3 is 7.82 Å². The lowest BCUT2D eigenvalue weighted by Gasteiger charge is -2.25. The van der Waals surface area contributed by atoms with Crippen molar-refractivity contribution >= 4 is 13.7 Å². The molecule has 0 radical (unpaired) electrons. The zero-order chi connectivity index (χ0) is 46.4. The molecule has 0 aromatic carbocycles. The molecule has 3 N–H and O–H groups in total. The number of hydrogen-bond donors (Lipinski definition) is 3. The van der Waals surface area contributed by atoms with E-state index in [1.54, 1.807) is 6.08 Å². The molecule has 63 heavy (non-hydrogen) atoms. The van der Waals surface area contributed by atoms with Gasteiger partial charge in [-0.2, -0.15) is 0 Å². The molecule has 0 saturated heterocycles. The first-order chi connectivity index (χ1) is 30.5. The van der Waals surface area contributed by atoms with Crippen molar-refractivity contribution in [2.45, 2.75) is 238 Å². The molecule has 0 aromatic rings. The zero-order valence-electron chi connectivity index (χ0n) is 41.8. The number of hydrogen-bond acceptors (Lipinski definition) is 5. The van der Waals surface area contributed by atoms with Gasteiger partial charge in [0.2, 0.25) is 5.91 Å². The van der Waals surface area contributed by atoms with Crippen LogP contribution in [-0.2, 0) is 18.4 Å². The number of phosphoric acid groups is 1. The quantitative estimate of drug-likeness (QED) is 0.0243. The molecule has 0 aromatic heterocycles. The molecule has 0 aliphatic rings. The molecular weight excluding hydrogens is 804 g/mol. The standard InChI is InChI=1S/C54H101N2O6P/c1-6-8-10-12-14-16-18-20-22-24-26-28-30-32-34-36-38-40-42-44-46-48-54(58)55-52(51-62-63(59,60)61-50-49-56(3,4)5)53(57)47-45-43-41-39-37-35-33-31-29-27-25-23-21-19-17-15-13-11-9-7-2/h18,20,24,26,30,32,37,39,45,47,52-53,57H,6-17,19,21-23,25,27-29,31,33-36,38,40-44,46,48-51H2,1-5H3,(H-,55,58,59,60)/p+1/b20-18-,26-24-,32-30-,39-37+,47-45+. The number of aliphatic hydroxyl groups is 1. The number of amides is 1. The first-order valence-electron chi connectivity index (χ1n) is 26.2. The highest BCUT2D eigenvalue weighted by Gasteiger charge is 2.27. The van der Waals surface area contributed by atoms with Crippen LogP contribution in [0.1, 0.15) is 226 Å². The van der Waals surface area contributed by atoms with Crippen molar-refractivity contribution < 1.29 is 32.9 Å². The molecule has 0 aliphatic carbocycles. The molecule has 8 nitrogen and oxygen atoms in total. The molecule has 9 heteroatoms. The molecule has 0 rings (SSSR count). The summed E-state index contributed by atoms with van der Waals surface area (Å²) >= 11 is 0. The lowest BCUT2D eigenvalue weighted by molar-refractivity contribution is -0.870. The van der Waals surface area contributed by atoms with Gasteiger partial charge in [-0.3, -0.25) is 13.8 Å². The van der Waals surface area contributed by atoms with Crippen LogP contribution in [-0.4, -0.2) is 73.4 Å². The first kappa shape index (κ1) is 61.2. The van der Waals surface area contributed by atoms with Crippen molar-refractivity contribution in [2.24, 2.45) is 0 Å². The van der Waals surface area contributed by atoms with Gasteiger partial charge in [0, 0.05) is 6.42 Å². The van der Waals surface area contributed by atoms with Crippen molar-refractivity contribution in [3.05, 3.63) is 60.8 Å². The van der Waals surface area contributed by atoms with E-state index < -0.39 is 20.0 Å². The van der Waals surface area contributed by atoms with Gasteiger partial charge in [-0.25, -0.2) is 4.57 Å². The van der Waals surface area contributed by atoms with Crippen LogP contribution in [0.4, 0.5) is 0 Å². The number of rotatable bonds is 47. The predicted molar refractivity (Wildman–Crippen MR) is 272 cm³/mol. The molecule has 0 heterocycles. The van der Waals surface area contributed by atoms with E-state index in [0.29, 0.717) is 17.4 Å². The molecule has 0 fully saturated rings. The summed E-state index contributed by atoms with van der Waals surface area (Å²) in [6, 6.07) is -0.873. The normalized spacial score (nSPS) is 14.6. The number of phosphoric ester groups is 1. The molecule has 0 spiro atoms. The molecular formula is C54H102N2O6P+. The maximum absolute atomic E-state index is 12.9. The molecule has 0 saturated carbocycles. The van der Waals surface area contributed by atoms with Crippen LogP contribution < -0.4 is 5.32 Å². The van der Waals surface area contributed by atoms with E-state index in [9.17, 15) is 19.4 Å². The lowest BCUT2D eigenvalue weighted by Crippen LogP contribution is -2.45. The smallest absolute Gasteiger partial charge is 0.387 e. The van der Waals surface area contributed by atoms with Crippen molar-refractivity contribution in [1.82, 2.24) is 5.32 Å². The number of nitrogens with one attached hydrogen (secondary N) is 1. The zero-order valence-corrected chi connectivity index (χ0v) is 42.7. The van der Waals surface area contributed by atoms with Crippen LogP contribution >= 0.6 is 7.82 Å². The van der Waals surface area contributed by atoms with Gasteiger partial charge in [0.25, 0.3) is 0 Å². The fraction of sp³-hybridized carbons (Fsp3) is 0.796. The summed E-state index contributed by atoms with van der Waals surface area (Å²) in [7, 11) is 1.54.